The number of hydrogen-bond acceptors (Lipinski definition) is 4. The highest BCUT2D eigenvalue weighted by molar-refractivity contribution is 8.00. The Labute approximate surface area is 96.8 Å². The fourth-order valence-electron chi connectivity index (χ4n) is 1.54. The van der Waals surface area contributed by atoms with Gasteiger partial charge in [0.25, 0.3) is 5.56 Å². The standard InChI is InChI=1S/C9H12ClN3OS/c10-8-7(5-12-13-9(8)14)11-4-6-2-1-3-15-6/h5-6H,1-4H2,(H2,11,13,14). The van der Waals surface area contributed by atoms with Crippen LogP contribution in [0, 0.1) is 0 Å². The highest BCUT2D eigenvalue weighted by atomic mass is 35.5. The number of anilines is 1. The summed E-state index contributed by atoms with van der Waals surface area (Å²) in [6.45, 7) is 0.843. The van der Waals surface area contributed by atoms with Crippen LogP contribution in [0.3, 0.4) is 0 Å². The third kappa shape index (κ3) is 2.66. The monoisotopic (exact) mass is 245 g/mol. The lowest BCUT2D eigenvalue weighted by Crippen LogP contribution is -2.17. The van der Waals surface area contributed by atoms with Gasteiger partial charge in [-0.1, -0.05) is 11.6 Å². The molecule has 6 heteroatoms. The first-order chi connectivity index (χ1) is 7.27. The minimum atomic E-state index is -0.347. The Morgan fingerprint density at radius 2 is 2.60 bits per heavy atom. The lowest BCUT2D eigenvalue weighted by molar-refractivity contribution is 0.804. The summed E-state index contributed by atoms with van der Waals surface area (Å²) in [5.74, 6) is 1.23. The fourth-order valence-corrected chi connectivity index (χ4v) is 2.89. The van der Waals surface area contributed by atoms with Crippen LogP contribution < -0.4 is 10.9 Å². The van der Waals surface area contributed by atoms with Crippen LogP contribution in [-0.2, 0) is 0 Å². The first-order valence-electron chi connectivity index (χ1n) is 4.86. The summed E-state index contributed by atoms with van der Waals surface area (Å²) >= 11 is 7.79. The predicted molar refractivity (Wildman–Crippen MR) is 63.8 cm³/mol. The van der Waals surface area contributed by atoms with Crippen molar-refractivity contribution in [2.24, 2.45) is 0 Å². The lowest BCUT2D eigenvalue weighted by atomic mass is 10.2. The molecule has 2 N–H and O–H groups in total. The third-order valence-corrected chi connectivity index (χ3v) is 4.11. The molecule has 2 heterocycles. The van der Waals surface area contributed by atoms with Gasteiger partial charge in [0.2, 0.25) is 0 Å². The van der Waals surface area contributed by atoms with Crippen molar-refractivity contribution in [3.05, 3.63) is 21.6 Å². The Hall–Kier alpha value is -0.680. The van der Waals surface area contributed by atoms with Crippen molar-refractivity contribution in [2.75, 3.05) is 17.6 Å². The number of rotatable bonds is 3. The summed E-state index contributed by atoms with van der Waals surface area (Å²) in [6.07, 6.45) is 4.05. The fraction of sp³-hybridized carbons (Fsp3) is 0.556. The van der Waals surface area contributed by atoms with Crippen LogP contribution in [0.25, 0.3) is 0 Å². The van der Waals surface area contributed by atoms with Gasteiger partial charge in [-0.2, -0.15) is 16.9 Å². The minimum absolute atomic E-state index is 0.188. The first kappa shape index (κ1) is 10.8. The molecule has 4 nitrogen and oxygen atoms in total. The van der Waals surface area contributed by atoms with Crippen LogP contribution in [0.15, 0.2) is 11.0 Å². The smallest absolute Gasteiger partial charge is 0.285 e. The van der Waals surface area contributed by atoms with E-state index in [1.807, 2.05) is 11.8 Å². The van der Waals surface area contributed by atoms with E-state index in [-0.39, 0.29) is 10.6 Å². The quantitative estimate of drug-likeness (QED) is 0.852. The van der Waals surface area contributed by atoms with Gasteiger partial charge in [-0.25, -0.2) is 5.10 Å². The average molecular weight is 246 g/mol. The molecule has 0 amide bonds. The van der Waals surface area contributed by atoms with Gasteiger partial charge in [-0.15, -0.1) is 0 Å². The van der Waals surface area contributed by atoms with Gasteiger partial charge in [-0.3, -0.25) is 4.79 Å². The van der Waals surface area contributed by atoms with E-state index in [1.54, 1.807) is 6.20 Å². The van der Waals surface area contributed by atoms with Crippen molar-refractivity contribution in [3.8, 4) is 0 Å². The topological polar surface area (TPSA) is 57.8 Å². The predicted octanol–water partition coefficient (Wildman–Crippen LogP) is 1.73. The van der Waals surface area contributed by atoms with Crippen LogP contribution >= 0.6 is 23.4 Å². The summed E-state index contributed by atoms with van der Waals surface area (Å²) in [5.41, 5.74) is 0.272. The Morgan fingerprint density at radius 1 is 1.73 bits per heavy atom. The van der Waals surface area contributed by atoms with E-state index in [4.69, 9.17) is 11.6 Å². The SMILES string of the molecule is O=c1[nH]ncc(NCC2CCCS2)c1Cl. The summed E-state index contributed by atoms with van der Waals surface area (Å²) in [6, 6.07) is 0. The van der Waals surface area contributed by atoms with Crippen molar-refractivity contribution in [3.63, 3.8) is 0 Å². The highest BCUT2D eigenvalue weighted by Gasteiger charge is 2.15. The molecule has 0 saturated carbocycles. The third-order valence-electron chi connectivity index (χ3n) is 2.34. The minimum Gasteiger partial charge on any atom is -0.381 e. The van der Waals surface area contributed by atoms with Gasteiger partial charge < -0.3 is 5.32 Å². The summed E-state index contributed by atoms with van der Waals surface area (Å²) in [7, 11) is 0. The zero-order chi connectivity index (χ0) is 10.7. The van der Waals surface area contributed by atoms with Gasteiger partial charge in [0, 0.05) is 11.8 Å². The largest absolute Gasteiger partial charge is 0.381 e. The maximum Gasteiger partial charge on any atom is 0.285 e. The molecule has 1 aromatic heterocycles. The Balaban J connectivity index is 1.98. The Kier molecular flexibility index (Phi) is 3.53. The normalized spacial score (nSPS) is 20.5. The number of aromatic amines is 1. The lowest BCUT2D eigenvalue weighted by Gasteiger charge is -2.11. The van der Waals surface area contributed by atoms with Crippen molar-refractivity contribution in [1.82, 2.24) is 10.2 Å². The molecule has 0 radical (unpaired) electrons. The van der Waals surface area contributed by atoms with E-state index in [9.17, 15) is 4.79 Å². The summed E-state index contributed by atoms with van der Waals surface area (Å²) in [4.78, 5) is 11.1. The van der Waals surface area contributed by atoms with E-state index in [0.29, 0.717) is 10.9 Å². The molecule has 0 spiro atoms. The molecule has 1 saturated heterocycles. The van der Waals surface area contributed by atoms with Gasteiger partial charge in [0.15, 0.2) is 0 Å². The summed E-state index contributed by atoms with van der Waals surface area (Å²) < 4.78 is 0. The molecule has 82 valence electrons. The van der Waals surface area contributed by atoms with E-state index < -0.39 is 0 Å². The molecule has 1 fully saturated rings. The molecular weight excluding hydrogens is 234 g/mol. The number of aromatic nitrogens is 2. The molecule has 1 aliphatic rings. The Bertz CT molecular complexity index is 389. The van der Waals surface area contributed by atoms with Gasteiger partial charge in [0.05, 0.1) is 11.9 Å². The van der Waals surface area contributed by atoms with Crippen molar-refractivity contribution < 1.29 is 0 Å². The van der Waals surface area contributed by atoms with Crippen LogP contribution in [0.5, 0.6) is 0 Å². The average Bonchev–Trinajstić information content (AvgIpc) is 2.73. The van der Waals surface area contributed by atoms with Gasteiger partial charge in [0.1, 0.15) is 5.02 Å². The second-order valence-corrected chi connectivity index (χ2v) is 5.23. The van der Waals surface area contributed by atoms with E-state index in [1.165, 1.54) is 18.6 Å². The van der Waals surface area contributed by atoms with Crippen LogP contribution in [-0.4, -0.2) is 27.7 Å². The Morgan fingerprint density at radius 3 is 3.33 bits per heavy atom. The molecule has 1 aromatic rings. The molecule has 0 bridgehead atoms. The molecule has 0 aliphatic carbocycles. The van der Waals surface area contributed by atoms with E-state index >= 15 is 0 Å². The van der Waals surface area contributed by atoms with Crippen molar-refractivity contribution >= 4 is 29.1 Å². The van der Waals surface area contributed by atoms with Gasteiger partial charge >= 0.3 is 0 Å². The first-order valence-corrected chi connectivity index (χ1v) is 6.28. The zero-order valence-corrected chi connectivity index (χ0v) is 9.70. The second-order valence-electron chi connectivity index (χ2n) is 3.44. The number of halogens is 1. The second kappa shape index (κ2) is 4.90. The molecule has 0 aromatic carbocycles. The number of nitrogens with zero attached hydrogens (tertiary/aromatic N) is 1. The molecular formula is C9H12ClN3OS. The van der Waals surface area contributed by atoms with Gasteiger partial charge in [-0.05, 0) is 18.6 Å². The van der Waals surface area contributed by atoms with Crippen LogP contribution in [0.4, 0.5) is 5.69 Å². The molecule has 1 aliphatic heterocycles. The molecule has 1 unspecified atom stereocenters. The number of hydrogen-bond donors (Lipinski definition) is 2. The number of thioether (sulfide) groups is 1. The molecule has 1 atom stereocenters. The highest BCUT2D eigenvalue weighted by Crippen LogP contribution is 2.26. The van der Waals surface area contributed by atoms with E-state index in [2.05, 4.69) is 15.5 Å². The molecule has 2 rings (SSSR count). The zero-order valence-electron chi connectivity index (χ0n) is 8.12. The van der Waals surface area contributed by atoms with Crippen molar-refractivity contribution in [1.29, 1.82) is 0 Å². The molecule has 15 heavy (non-hydrogen) atoms. The van der Waals surface area contributed by atoms with Crippen molar-refractivity contribution in [2.45, 2.75) is 18.1 Å². The summed E-state index contributed by atoms with van der Waals surface area (Å²) in [5, 5.41) is 9.96. The van der Waals surface area contributed by atoms with Crippen LogP contribution in [0.2, 0.25) is 5.02 Å². The maximum atomic E-state index is 11.1. The number of H-pyrrole nitrogens is 1. The van der Waals surface area contributed by atoms with Crippen LogP contribution in [0.1, 0.15) is 12.8 Å². The maximum absolute atomic E-state index is 11.1. The number of nitrogens with one attached hydrogen (secondary N) is 2. The van der Waals surface area contributed by atoms with E-state index in [0.717, 1.165) is 6.54 Å².